The van der Waals surface area contributed by atoms with Crippen LogP contribution in [-0.2, 0) is 0 Å². The first kappa shape index (κ1) is 14.3. The summed E-state index contributed by atoms with van der Waals surface area (Å²) in [5.41, 5.74) is 2.40. The molecule has 0 aliphatic heterocycles. The van der Waals surface area contributed by atoms with Crippen LogP contribution in [0.15, 0.2) is 6.07 Å². The molecule has 0 aliphatic carbocycles. The highest BCUT2D eigenvalue weighted by molar-refractivity contribution is 6.37. The number of pyridine rings is 1. The van der Waals surface area contributed by atoms with Crippen molar-refractivity contribution in [1.29, 1.82) is 0 Å². The Balaban J connectivity index is 2.52. The summed E-state index contributed by atoms with van der Waals surface area (Å²) in [4.78, 5) is 4.15. The van der Waals surface area contributed by atoms with Gasteiger partial charge in [0.15, 0.2) is 5.82 Å². The van der Waals surface area contributed by atoms with Gasteiger partial charge in [-0.15, -0.1) is 0 Å². The smallest absolute Gasteiger partial charge is 0.161 e. The lowest BCUT2D eigenvalue weighted by molar-refractivity contribution is 0.283. The molecule has 0 aromatic carbocycles. The van der Waals surface area contributed by atoms with E-state index in [2.05, 4.69) is 15.7 Å². The van der Waals surface area contributed by atoms with E-state index >= 15 is 0 Å². The molecule has 5 nitrogen and oxygen atoms in total. The second-order valence-corrected chi connectivity index (χ2v) is 4.32. The van der Waals surface area contributed by atoms with Crippen molar-refractivity contribution < 1.29 is 5.11 Å². The third-order valence-electron chi connectivity index (χ3n) is 2.19. The first-order chi connectivity index (χ1) is 8.19. The van der Waals surface area contributed by atoms with E-state index in [0.717, 1.165) is 25.8 Å². The van der Waals surface area contributed by atoms with Crippen molar-refractivity contribution in [3.63, 3.8) is 0 Å². The molecule has 0 bridgehead atoms. The molecule has 1 heterocycles. The van der Waals surface area contributed by atoms with E-state index in [9.17, 15) is 0 Å². The molecule has 0 radical (unpaired) electrons. The molecule has 96 valence electrons. The molecular formula is C10H16Cl2N4O. The molecule has 0 saturated carbocycles. The largest absolute Gasteiger partial charge is 0.396 e. The van der Waals surface area contributed by atoms with Crippen molar-refractivity contribution in [3.8, 4) is 0 Å². The Bertz CT molecular complexity index is 362. The number of hydrogen-bond acceptors (Lipinski definition) is 5. The van der Waals surface area contributed by atoms with Crippen LogP contribution in [0.1, 0.15) is 19.3 Å². The number of unbranched alkanes of at least 4 members (excludes halogenated alkanes) is 2. The fraction of sp³-hybridized carbons (Fsp3) is 0.500. The van der Waals surface area contributed by atoms with E-state index in [4.69, 9.17) is 34.2 Å². The fourth-order valence-electron chi connectivity index (χ4n) is 1.31. The van der Waals surface area contributed by atoms with Crippen LogP contribution >= 0.6 is 23.2 Å². The Morgan fingerprint density at radius 3 is 2.53 bits per heavy atom. The minimum atomic E-state index is 0.223. The molecule has 0 amide bonds. The number of aliphatic hydroxyl groups excluding tert-OH is 1. The molecule has 0 atom stereocenters. The lowest BCUT2D eigenvalue weighted by atomic mass is 10.2. The topological polar surface area (TPSA) is 83.2 Å². The van der Waals surface area contributed by atoms with Crippen molar-refractivity contribution >= 4 is 34.8 Å². The maximum absolute atomic E-state index is 8.63. The van der Waals surface area contributed by atoms with Gasteiger partial charge in [0.25, 0.3) is 0 Å². The average Bonchev–Trinajstić information content (AvgIpc) is 2.31. The summed E-state index contributed by atoms with van der Waals surface area (Å²) in [6.07, 6.45) is 2.70. The highest BCUT2D eigenvalue weighted by Crippen LogP contribution is 2.28. The number of nitrogens with zero attached hydrogens (tertiary/aromatic N) is 1. The maximum Gasteiger partial charge on any atom is 0.161 e. The zero-order valence-corrected chi connectivity index (χ0v) is 10.9. The van der Waals surface area contributed by atoms with Crippen LogP contribution in [0, 0.1) is 0 Å². The molecule has 5 N–H and O–H groups in total. The third-order valence-corrected chi connectivity index (χ3v) is 2.77. The van der Waals surface area contributed by atoms with E-state index < -0.39 is 0 Å². The predicted molar refractivity (Wildman–Crippen MR) is 71.5 cm³/mol. The number of nitrogens with two attached hydrogens (primary N) is 1. The van der Waals surface area contributed by atoms with E-state index in [0.29, 0.717) is 21.7 Å². The van der Waals surface area contributed by atoms with Gasteiger partial charge in [0.1, 0.15) is 5.82 Å². The van der Waals surface area contributed by atoms with E-state index in [1.165, 1.54) is 0 Å². The summed E-state index contributed by atoms with van der Waals surface area (Å²) in [5.74, 6) is 6.20. The first-order valence-corrected chi connectivity index (χ1v) is 6.12. The van der Waals surface area contributed by atoms with Crippen LogP contribution in [0.3, 0.4) is 0 Å². The molecule has 1 aromatic rings. The van der Waals surface area contributed by atoms with Crippen molar-refractivity contribution in [2.24, 2.45) is 5.84 Å². The van der Waals surface area contributed by atoms with Gasteiger partial charge in [0, 0.05) is 13.2 Å². The van der Waals surface area contributed by atoms with Gasteiger partial charge in [-0.3, -0.25) is 0 Å². The number of hydrazine groups is 1. The van der Waals surface area contributed by atoms with Crippen molar-refractivity contribution in [2.45, 2.75) is 19.3 Å². The fourth-order valence-corrected chi connectivity index (χ4v) is 1.79. The highest BCUT2D eigenvalue weighted by Gasteiger charge is 2.07. The van der Waals surface area contributed by atoms with Gasteiger partial charge in [-0.2, -0.15) is 0 Å². The summed E-state index contributed by atoms with van der Waals surface area (Å²) < 4.78 is 0. The van der Waals surface area contributed by atoms with E-state index in [1.807, 2.05) is 0 Å². The summed E-state index contributed by atoms with van der Waals surface area (Å²) in [6, 6.07) is 1.58. The number of halogens is 2. The number of nitrogens with one attached hydrogen (secondary N) is 2. The number of hydrogen-bond donors (Lipinski definition) is 4. The van der Waals surface area contributed by atoms with Crippen molar-refractivity contribution in [2.75, 3.05) is 23.9 Å². The number of aliphatic hydroxyl groups is 1. The average molecular weight is 279 g/mol. The molecule has 0 aliphatic rings. The SMILES string of the molecule is NNc1nc(NCCCCCO)c(Cl)cc1Cl. The number of nitrogen functional groups attached to an aromatic ring is 1. The molecule has 1 aromatic heterocycles. The van der Waals surface area contributed by atoms with Gasteiger partial charge >= 0.3 is 0 Å². The molecule has 0 unspecified atom stereocenters. The van der Waals surface area contributed by atoms with Crippen LogP contribution < -0.4 is 16.6 Å². The van der Waals surface area contributed by atoms with Crippen molar-refractivity contribution in [3.05, 3.63) is 16.1 Å². The van der Waals surface area contributed by atoms with Crippen LogP contribution in [0.5, 0.6) is 0 Å². The van der Waals surface area contributed by atoms with Crippen LogP contribution in [0.25, 0.3) is 0 Å². The first-order valence-electron chi connectivity index (χ1n) is 5.36. The second-order valence-electron chi connectivity index (χ2n) is 3.50. The lowest BCUT2D eigenvalue weighted by Crippen LogP contribution is -2.11. The quantitative estimate of drug-likeness (QED) is 0.349. The van der Waals surface area contributed by atoms with Gasteiger partial charge in [-0.1, -0.05) is 23.2 Å². The minimum absolute atomic E-state index is 0.223. The summed E-state index contributed by atoms with van der Waals surface area (Å²) in [7, 11) is 0. The van der Waals surface area contributed by atoms with Gasteiger partial charge in [-0.25, -0.2) is 10.8 Å². The Hall–Kier alpha value is -0.750. The van der Waals surface area contributed by atoms with Gasteiger partial charge in [0.2, 0.25) is 0 Å². The summed E-state index contributed by atoms with van der Waals surface area (Å²) in [5, 5.41) is 12.6. The molecule has 7 heteroatoms. The van der Waals surface area contributed by atoms with Crippen LogP contribution in [-0.4, -0.2) is 23.2 Å². The van der Waals surface area contributed by atoms with Gasteiger partial charge < -0.3 is 15.8 Å². The van der Waals surface area contributed by atoms with E-state index in [-0.39, 0.29) is 6.61 Å². The Morgan fingerprint density at radius 1 is 1.18 bits per heavy atom. The standard InChI is InChI=1S/C10H16Cl2N4O/c11-7-6-8(12)10(16-13)15-9(7)14-4-2-1-3-5-17/h6,17H,1-5,13H2,(H2,14,15,16). The number of anilines is 2. The highest BCUT2D eigenvalue weighted by atomic mass is 35.5. The summed E-state index contributed by atoms with van der Waals surface area (Å²) >= 11 is 11.8. The third kappa shape index (κ3) is 4.55. The van der Waals surface area contributed by atoms with Crippen LogP contribution in [0.4, 0.5) is 11.6 Å². The minimum Gasteiger partial charge on any atom is -0.396 e. The molecular weight excluding hydrogens is 263 g/mol. The Kier molecular flexibility index (Phi) is 6.36. The van der Waals surface area contributed by atoms with Gasteiger partial charge in [-0.05, 0) is 25.3 Å². The predicted octanol–water partition coefficient (Wildman–Crippen LogP) is 2.25. The molecule has 1 rings (SSSR count). The van der Waals surface area contributed by atoms with E-state index in [1.54, 1.807) is 6.07 Å². The molecule has 0 saturated heterocycles. The zero-order chi connectivity index (χ0) is 12.7. The normalized spacial score (nSPS) is 10.4. The summed E-state index contributed by atoms with van der Waals surface area (Å²) in [6.45, 7) is 0.958. The number of rotatable bonds is 7. The Labute approximate surface area is 110 Å². The second kappa shape index (κ2) is 7.55. The monoisotopic (exact) mass is 278 g/mol. The van der Waals surface area contributed by atoms with Crippen LogP contribution in [0.2, 0.25) is 10.0 Å². The van der Waals surface area contributed by atoms with Gasteiger partial charge in [0.05, 0.1) is 10.0 Å². The maximum atomic E-state index is 8.63. The molecule has 0 fully saturated rings. The molecule has 17 heavy (non-hydrogen) atoms. The zero-order valence-electron chi connectivity index (χ0n) is 9.34. The Morgan fingerprint density at radius 2 is 1.88 bits per heavy atom. The van der Waals surface area contributed by atoms with Crippen molar-refractivity contribution in [1.82, 2.24) is 4.98 Å². The lowest BCUT2D eigenvalue weighted by Gasteiger charge is -2.10. The molecule has 0 spiro atoms. The number of aromatic nitrogens is 1.